The van der Waals surface area contributed by atoms with Crippen LogP contribution in [0.1, 0.15) is 13.8 Å². The smallest absolute Gasteiger partial charge is 0.263 e. The summed E-state index contributed by atoms with van der Waals surface area (Å²) in [5.74, 6) is 2.23. The fraction of sp³-hybridized carbons (Fsp3) is 0.333. The summed E-state index contributed by atoms with van der Waals surface area (Å²) in [6.45, 7) is 6.96. The van der Waals surface area contributed by atoms with Crippen LogP contribution in [0.4, 0.5) is 5.82 Å². The van der Waals surface area contributed by atoms with Crippen molar-refractivity contribution in [2.24, 2.45) is 0 Å². The first-order valence-corrected chi connectivity index (χ1v) is 10.8. The van der Waals surface area contributed by atoms with Gasteiger partial charge in [-0.1, -0.05) is 0 Å². The molecule has 0 N–H and O–H groups in total. The molecule has 166 valence electrons. The molecule has 1 saturated heterocycles. The number of piperazine rings is 1. The third-order valence-electron chi connectivity index (χ3n) is 5.32. The number of rotatable bonds is 7. The summed E-state index contributed by atoms with van der Waals surface area (Å²) in [4.78, 5) is 20.9. The molecule has 0 aliphatic carbocycles. The monoisotopic (exact) mass is 433 g/mol. The van der Waals surface area contributed by atoms with E-state index in [4.69, 9.17) is 9.47 Å². The molecule has 3 heterocycles. The Kier molecular flexibility index (Phi) is 6.79. The molecular formula is C24H27N5O3. The summed E-state index contributed by atoms with van der Waals surface area (Å²) in [5.41, 5.74) is 1.72. The number of carbonyl (C=O) groups excluding carboxylic acids is 1. The van der Waals surface area contributed by atoms with Crippen LogP contribution in [0.5, 0.6) is 11.5 Å². The molecule has 1 fully saturated rings. The Hall–Kier alpha value is -3.68. The minimum absolute atomic E-state index is 0.0171. The fourth-order valence-electron chi connectivity index (χ4n) is 3.61. The van der Waals surface area contributed by atoms with E-state index >= 15 is 0 Å². The standard InChI is InChI=1S/C24H27N5O3/c1-3-31-20-6-8-21(9-7-20)32-18(2)24(30)29-15-13-28(14-16-29)23-11-10-22(26-27-23)19-5-4-12-25-17-19/h4-12,17-18H,3,13-16H2,1-2H3. The Morgan fingerprint density at radius 1 is 1.00 bits per heavy atom. The Balaban J connectivity index is 1.29. The van der Waals surface area contributed by atoms with Crippen molar-refractivity contribution in [3.63, 3.8) is 0 Å². The third-order valence-corrected chi connectivity index (χ3v) is 5.32. The van der Waals surface area contributed by atoms with Gasteiger partial charge in [-0.05, 0) is 62.4 Å². The van der Waals surface area contributed by atoms with Crippen molar-refractivity contribution in [2.75, 3.05) is 37.7 Å². The van der Waals surface area contributed by atoms with Crippen molar-refractivity contribution in [2.45, 2.75) is 20.0 Å². The Bertz CT molecular complexity index is 1000. The number of aromatic nitrogens is 3. The summed E-state index contributed by atoms with van der Waals surface area (Å²) < 4.78 is 11.3. The number of ether oxygens (including phenoxy) is 2. The predicted molar refractivity (Wildman–Crippen MR) is 122 cm³/mol. The first-order valence-electron chi connectivity index (χ1n) is 10.8. The normalized spacial score (nSPS) is 14.7. The van der Waals surface area contributed by atoms with Crippen molar-refractivity contribution >= 4 is 11.7 Å². The molecule has 1 aliphatic heterocycles. The molecule has 2 aromatic heterocycles. The molecule has 1 aliphatic rings. The Morgan fingerprint density at radius 2 is 1.75 bits per heavy atom. The van der Waals surface area contributed by atoms with Crippen molar-refractivity contribution in [3.05, 3.63) is 60.9 Å². The molecule has 0 saturated carbocycles. The van der Waals surface area contributed by atoms with Crippen LogP contribution in [0, 0.1) is 0 Å². The van der Waals surface area contributed by atoms with E-state index in [2.05, 4.69) is 20.1 Å². The van der Waals surface area contributed by atoms with Crippen LogP contribution in [0.3, 0.4) is 0 Å². The van der Waals surface area contributed by atoms with Crippen molar-refractivity contribution < 1.29 is 14.3 Å². The number of hydrogen-bond donors (Lipinski definition) is 0. The maximum atomic E-state index is 12.8. The van der Waals surface area contributed by atoms with E-state index in [1.165, 1.54) is 0 Å². The van der Waals surface area contributed by atoms with Gasteiger partial charge >= 0.3 is 0 Å². The van der Waals surface area contributed by atoms with E-state index in [1.807, 2.05) is 60.4 Å². The molecule has 32 heavy (non-hydrogen) atoms. The number of carbonyl (C=O) groups is 1. The predicted octanol–water partition coefficient (Wildman–Crippen LogP) is 3.05. The van der Waals surface area contributed by atoms with E-state index in [1.54, 1.807) is 19.3 Å². The van der Waals surface area contributed by atoms with Gasteiger partial charge in [0.1, 0.15) is 11.5 Å². The number of amides is 1. The third kappa shape index (κ3) is 5.14. The highest BCUT2D eigenvalue weighted by molar-refractivity contribution is 5.81. The topological polar surface area (TPSA) is 80.7 Å². The Morgan fingerprint density at radius 3 is 2.38 bits per heavy atom. The average Bonchev–Trinajstić information content (AvgIpc) is 2.86. The summed E-state index contributed by atoms with van der Waals surface area (Å²) in [6, 6.07) is 15.1. The quantitative estimate of drug-likeness (QED) is 0.566. The zero-order chi connectivity index (χ0) is 22.3. The highest BCUT2D eigenvalue weighted by Gasteiger charge is 2.26. The molecule has 0 radical (unpaired) electrons. The second-order valence-corrected chi connectivity index (χ2v) is 7.50. The molecule has 1 amide bonds. The average molecular weight is 434 g/mol. The fourth-order valence-corrected chi connectivity index (χ4v) is 3.61. The first kappa shape index (κ1) is 21.5. The lowest BCUT2D eigenvalue weighted by Crippen LogP contribution is -2.52. The highest BCUT2D eigenvalue weighted by atomic mass is 16.5. The minimum Gasteiger partial charge on any atom is -0.494 e. The maximum Gasteiger partial charge on any atom is 0.263 e. The molecule has 0 spiro atoms. The molecule has 3 aromatic rings. The lowest BCUT2D eigenvalue weighted by Gasteiger charge is -2.36. The second-order valence-electron chi connectivity index (χ2n) is 7.50. The van der Waals surface area contributed by atoms with Gasteiger partial charge < -0.3 is 19.3 Å². The van der Waals surface area contributed by atoms with Crippen LogP contribution < -0.4 is 14.4 Å². The van der Waals surface area contributed by atoms with Gasteiger partial charge in [0.05, 0.1) is 12.3 Å². The van der Waals surface area contributed by atoms with E-state index < -0.39 is 6.10 Å². The van der Waals surface area contributed by atoms with Gasteiger partial charge in [-0.15, -0.1) is 10.2 Å². The number of hydrogen-bond acceptors (Lipinski definition) is 7. The number of anilines is 1. The van der Waals surface area contributed by atoms with Gasteiger partial charge in [0.2, 0.25) is 0 Å². The van der Waals surface area contributed by atoms with Gasteiger partial charge in [0, 0.05) is 44.1 Å². The van der Waals surface area contributed by atoms with Crippen LogP contribution in [0.25, 0.3) is 11.3 Å². The van der Waals surface area contributed by atoms with Crippen LogP contribution >= 0.6 is 0 Å². The molecule has 1 atom stereocenters. The molecular weight excluding hydrogens is 406 g/mol. The maximum absolute atomic E-state index is 12.8. The van der Waals surface area contributed by atoms with Crippen molar-refractivity contribution in [1.82, 2.24) is 20.1 Å². The number of benzene rings is 1. The van der Waals surface area contributed by atoms with Crippen LogP contribution in [-0.2, 0) is 4.79 Å². The first-order chi connectivity index (χ1) is 15.6. The van der Waals surface area contributed by atoms with Gasteiger partial charge in [0.25, 0.3) is 5.91 Å². The minimum atomic E-state index is -0.557. The van der Waals surface area contributed by atoms with E-state index in [-0.39, 0.29) is 5.91 Å². The Labute approximate surface area is 187 Å². The van der Waals surface area contributed by atoms with Crippen LogP contribution in [0.2, 0.25) is 0 Å². The van der Waals surface area contributed by atoms with Crippen LogP contribution in [-0.4, -0.2) is 64.9 Å². The van der Waals surface area contributed by atoms with E-state index in [9.17, 15) is 4.79 Å². The van der Waals surface area contributed by atoms with Gasteiger partial charge in [-0.25, -0.2) is 0 Å². The van der Waals surface area contributed by atoms with E-state index in [0.717, 1.165) is 22.8 Å². The van der Waals surface area contributed by atoms with Gasteiger partial charge in [0.15, 0.2) is 11.9 Å². The summed E-state index contributed by atoms with van der Waals surface area (Å²) in [5, 5.41) is 8.70. The molecule has 8 nitrogen and oxygen atoms in total. The molecule has 1 unspecified atom stereocenters. The lowest BCUT2D eigenvalue weighted by atomic mass is 10.2. The van der Waals surface area contributed by atoms with Crippen molar-refractivity contribution in [1.29, 1.82) is 0 Å². The van der Waals surface area contributed by atoms with Crippen LogP contribution in [0.15, 0.2) is 60.9 Å². The number of nitrogens with zero attached hydrogens (tertiary/aromatic N) is 5. The van der Waals surface area contributed by atoms with Gasteiger partial charge in [-0.2, -0.15) is 0 Å². The molecule has 0 bridgehead atoms. The van der Waals surface area contributed by atoms with Gasteiger partial charge in [-0.3, -0.25) is 9.78 Å². The SMILES string of the molecule is CCOc1ccc(OC(C)C(=O)N2CCN(c3ccc(-c4cccnc4)nn3)CC2)cc1. The molecule has 1 aromatic carbocycles. The summed E-state index contributed by atoms with van der Waals surface area (Å²) >= 11 is 0. The molecule has 8 heteroatoms. The summed E-state index contributed by atoms with van der Waals surface area (Å²) in [7, 11) is 0. The lowest BCUT2D eigenvalue weighted by molar-refractivity contribution is -0.138. The van der Waals surface area contributed by atoms with E-state index in [0.29, 0.717) is 38.5 Å². The number of pyridine rings is 1. The van der Waals surface area contributed by atoms with Crippen molar-refractivity contribution in [3.8, 4) is 22.8 Å². The molecule has 4 rings (SSSR count). The largest absolute Gasteiger partial charge is 0.494 e. The second kappa shape index (κ2) is 10.1. The highest BCUT2D eigenvalue weighted by Crippen LogP contribution is 2.21. The zero-order valence-electron chi connectivity index (χ0n) is 18.3. The summed E-state index contributed by atoms with van der Waals surface area (Å²) in [6.07, 6.45) is 2.94. The zero-order valence-corrected chi connectivity index (χ0v) is 18.3.